The van der Waals surface area contributed by atoms with Crippen molar-refractivity contribution >= 4 is 33.8 Å². The summed E-state index contributed by atoms with van der Waals surface area (Å²) >= 11 is 3.13. The van der Waals surface area contributed by atoms with Gasteiger partial charge in [-0.3, -0.25) is 9.79 Å². The molecule has 0 saturated carbocycles. The minimum atomic E-state index is -0.789. The molecular formula is C11H17N3OS2. The Hall–Kier alpha value is -0.670. The standard InChI is InChI=1S/C11H17N3OS2/c1-8(2)11(3,7-12)14-9(15)6-17-10-13-4-5-16-10/h8H,4-6H2,1-3H3,(H,14,15)/t11-/m1/s1. The van der Waals surface area contributed by atoms with E-state index in [4.69, 9.17) is 5.26 Å². The van der Waals surface area contributed by atoms with Gasteiger partial charge in [-0.25, -0.2) is 0 Å². The lowest BCUT2D eigenvalue weighted by Crippen LogP contribution is -2.49. The number of rotatable bonds is 4. The molecule has 0 aromatic rings. The molecule has 6 heteroatoms. The van der Waals surface area contributed by atoms with Crippen molar-refractivity contribution in [1.82, 2.24) is 5.32 Å². The highest BCUT2D eigenvalue weighted by molar-refractivity contribution is 8.39. The normalized spacial score (nSPS) is 18.4. The lowest BCUT2D eigenvalue weighted by atomic mass is 9.90. The second-order valence-electron chi connectivity index (χ2n) is 4.30. The average molecular weight is 271 g/mol. The minimum absolute atomic E-state index is 0.0830. The first-order valence-corrected chi connectivity index (χ1v) is 7.47. The summed E-state index contributed by atoms with van der Waals surface area (Å²) < 4.78 is 0.975. The predicted octanol–water partition coefficient (Wildman–Crippen LogP) is 1.88. The molecule has 0 unspecified atom stereocenters. The topological polar surface area (TPSA) is 65.2 Å². The van der Waals surface area contributed by atoms with Crippen molar-refractivity contribution in [3.05, 3.63) is 0 Å². The van der Waals surface area contributed by atoms with E-state index in [1.54, 1.807) is 18.7 Å². The minimum Gasteiger partial charge on any atom is -0.337 e. The molecule has 1 aliphatic rings. The van der Waals surface area contributed by atoms with Crippen LogP contribution >= 0.6 is 23.5 Å². The summed E-state index contributed by atoms with van der Waals surface area (Å²) in [6, 6.07) is 2.16. The number of nitriles is 1. The van der Waals surface area contributed by atoms with Crippen LogP contribution in [0.2, 0.25) is 0 Å². The smallest absolute Gasteiger partial charge is 0.231 e. The molecule has 1 heterocycles. The second-order valence-corrected chi connectivity index (χ2v) is 6.61. The van der Waals surface area contributed by atoms with Crippen molar-refractivity contribution in [2.24, 2.45) is 10.9 Å². The van der Waals surface area contributed by atoms with Gasteiger partial charge in [0.15, 0.2) is 0 Å². The van der Waals surface area contributed by atoms with Crippen molar-refractivity contribution in [2.75, 3.05) is 18.1 Å². The Morgan fingerprint density at radius 3 is 2.94 bits per heavy atom. The fourth-order valence-electron chi connectivity index (χ4n) is 1.16. The molecule has 0 bridgehead atoms. The summed E-state index contributed by atoms with van der Waals surface area (Å²) in [5, 5.41) is 11.9. The zero-order valence-corrected chi connectivity index (χ0v) is 12.0. The first-order chi connectivity index (χ1) is 7.98. The fourth-order valence-corrected chi connectivity index (χ4v) is 2.97. The Morgan fingerprint density at radius 1 is 1.76 bits per heavy atom. The molecule has 1 aliphatic heterocycles. The molecule has 0 aliphatic carbocycles. The third-order valence-corrected chi connectivity index (χ3v) is 4.92. The van der Waals surface area contributed by atoms with Crippen LogP contribution in [-0.4, -0.2) is 33.9 Å². The average Bonchev–Trinajstić information content (AvgIpc) is 2.78. The summed E-state index contributed by atoms with van der Waals surface area (Å²) in [7, 11) is 0. The van der Waals surface area contributed by atoms with Gasteiger partial charge in [-0.2, -0.15) is 5.26 Å². The summed E-state index contributed by atoms with van der Waals surface area (Å²) in [4.78, 5) is 16.0. The van der Waals surface area contributed by atoms with Crippen LogP contribution in [-0.2, 0) is 4.79 Å². The third kappa shape index (κ3) is 4.25. The molecule has 0 spiro atoms. The molecule has 0 saturated heterocycles. The van der Waals surface area contributed by atoms with Crippen LogP contribution in [0.5, 0.6) is 0 Å². The fraction of sp³-hybridized carbons (Fsp3) is 0.727. The van der Waals surface area contributed by atoms with Crippen molar-refractivity contribution in [2.45, 2.75) is 26.3 Å². The molecule has 94 valence electrons. The molecule has 0 aromatic carbocycles. The van der Waals surface area contributed by atoms with Crippen LogP contribution in [0, 0.1) is 17.2 Å². The van der Waals surface area contributed by atoms with Crippen LogP contribution in [0.15, 0.2) is 4.99 Å². The molecule has 0 aromatic heterocycles. The van der Waals surface area contributed by atoms with Crippen LogP contribution < -0.4 is 5.32 Å². The number of amides is 1. The van der Waals surface area contributed by atoms with Gasteiger partial charge in [-0.05, 0) is 12.8 Å². The predicted molar refractivity (Wildman–Crippen MR) is 74.2 cm³/mol. The number of aliphatic imine (C=N–C) groups is 1. The maximum absolute atomic E-state index is 11.7. The van der Waals surface area contributed by atoms with Crippen molar-refractivity contribution < 1.29 is 4.79 Å². The molecule has 1 amide bonds. The van der Waals surface area contributed by atoms with Crippen molar-refractivity contribution in [3.8, 4) is 6.07 Å². The number of hydrogen-bond donors (Lipinski definition) is 1. The van der Waals surface area contributed by atoms with Crippen LogP contribution in [0.1, 0.15) is 20.8 Å². The molecule has 4 nitrogen and oxygen atoms in total. The van der Waals surface area contributed by atoms with Crippen molar-refractivity contribution in [1.29, 1.82) is 5.26 Å². The van der Waals surface area contributed by atoms with Gasteiger partial charge in [0.1, 0.15) is 9.91 Å². The van der Waals surface area contributed by atoms with Crippen molar-refractivity contribution in [3.63, 3.8) is 0 Å². The van der Waals surface area contributed by atoms with E-state index in [9.17, 15) is 4.79 Å². The third-order valence-electron chi connectivity index (χ3n) is 2.67. The molecule has 1 rings (SSSR count). The molecule has 1 N–H and O–H groups in total. The van der Waals surface area contributed by atoms with Gasteiger partial charge in [0.05, 0.1) is 18.4 Å². The Bertz CT molecular complexity index is 362. The van der Waals surface area contributed by atoms with Crippen LogP contribution in [0.25, 0.3) is 0 Å². The highest BCUT2D eigenvalue weighted by Crippen LogP contribution is 2.22. The number of carbonyl (C=O) groups is 1. The van der Waals surface area contributed by atoms with Gasteiger partial charge in [0, 0.05) is 5.75 Å². The summed E-state index contributed by atoms with van der Waals surface area (Å²) in [6.07, 6.45) is 0. The zero-order chi connectivity index (χ0) is 12.9. The Kier molecular flexibility index (Phi) is 5.34. The molecule has 0 fully saturated rings. The zero-order valence-electron chi connectivity index (χ0n) is 10.3. The monoisotopic (exact) mass is 271 g/mol. The first kappa shape index (κ1) is 14.4. The Morgan fingerprint density at radius 2 is 2.47 bits per heavy atom. The lowest BCUT2D eigenvalue weighted by molar-refractivity contribution is -0.120. The van der Waals surface area contributed by atoms with E-state index in [-0.39, 0.29) is 11.8 Å². The number of nitrogens with zero attached hydrogens (tertiary/aromatic N) is 2. The first-order valence-electron chi connectivity index (χ1n) is 5.50. The number of hydrogen-bond acceptors (Lipinski definition) is 5. The van der Waals surface area contributed by atoms with Gasteiger partial charge in [0.25, 0.3) is 0 Å². The van der Waals surface area contributed by atoms with E-state index in [1.165, 1.54) is 11.8 Å². The molecule has 17 heavy (non-hydrogen) atoms. The lowest BCUT2D eigenvalue weighted by Gasteiger charge is -2.27. The molecule has 1 atom stereocenters. The molecular weight excluding hydrogens is 254 g/mol. The van der Waals surface area contributed by atoms with Gasteiger partial charge < -0.3 is 5.32 Å². The Labute approximate surface area is 111 Å². The van der Waals surface area contributed by atoms with E-state index in [2.05, 4.69) is 16.4 Å². The summed E-state index contributed by atoms with van der Waals surface area (Å²) in [5.74, 6) is 1.31. The number of thioether (sulfide) groups is 2. The maximum atomic E-state index is 11.7. The van der Waals surface area contributed by atoms with E-state index < -0.39 is 5.54 Å². The summed E-state index contributed by atoms with van der Waals surface area (Å²) in [5.41, 5.74) is -0.789. The van der Waals surface area contributed by atoms with Gasteiger partial charge in [0.2, 0.25) is 5.91 Å². The number of nitrogens with one attached hydrogen (secondary N) is 1. The van der Waals surface area contributed by atoms with Gasteiger partial charge >= 0.3 is 0 Å². The summed E-state index contributed by atoms with van der Waals surface area (Å²) in [6.45, 7) is 6.44. The van der Waals surface area contributed by atoms with Crippen LogP contribution in [0.3, 0.4) is 0 Å². The Balaban J connectivity index is 2.41. The molecule has 0 radical (unpaired) electrons. The largest absolute Gasteiger partial charge is 0.337 e. The van der Waals surface area contributed by atoms with E-state index >= 15 is 0 Å². The van der Waals surface area contributed by atoms with Gasteiger partial charge in [-0.15, -0.1) is 0 Å². The number of carbonyl (C=O) groups excluding carboxylic acids is 1. The quantitative estimate of drug-likeness (QED) is 0.848. The van der Waals surface area contributed by atoms with E-state index in [0.29, 0.717) is 5.75 Å². The SMILES string of the molecule is CC(C)[C@@](C)(C#N)NC(=O)CSC1=NCCS1. The second kappa shape index (κ2) is 6.31. The highest BCUT2D eigenvalue weighted by atomic mass is 32.2. The highest BCUT2D eigenvalue weighted by Gasteiger charge is 2.29. The van der Waals surface area contributed by atoms with Gasteiger partial charge in [-0.1, -0.05) is 37.4 Å². The van der Waals surface area contributed by atoms with E-state index in [1.807, 2.05) is 13.8 Å². The van der Waals surface area contributed by atoms with Crippen LogP contribution in [0.4, 0.5) is 0 Å². The maximum Gasteiger partial charge on any atom is 0.231 e. The van der Waals surface area contributed by atoms with E-state index in [0.717, 1.165) is 16.7 Å².